The van der Waals surface area contributed by atoms with E-state index in [1.54, 1.807) is 0 Å². The third-order valence-electron chi connectivity index (χ3n) is 7.16. The lowest BCUT2D eigenvalue weighted by Crippen LogP contribution is -2.16. The standard InChI is InChI=1S/C34H30N2/c1-2-3-10-24-15-17-27(18-16-24)32-23-31(26-13-8-5-9-14-26)30-20-19-29-28(25-11-6-4-7-12-25)21-22-35-33(29)34(30)36-32/h4-9,11-23,32,36H,2-3,10H2,1H3. The maximum absolute atomic E-state index is 4.90. The zero-order valence-electron chi connectivity index (χ0n) is 20.6. The number of nitrogens with zero attached hydrogens (tertiary/aromatic N) is 1. The molecule has 0 saturated carbocycles. The van der Waals surface area contributed by atoms with Crippen LogP contribution in [0.3, 0.4) is 0 Å². The van der Waals surface area contributed by atoms with Gasteiger partial charge in [0.2, 0.25) is 0 Å². The van der Waals surface area contributed by atoms with Gasteiger partial charge in [0.25, 0.3) is 0 Å². The second-order valence-electron chi connectivity index (χ2n) is 9.52. The van der Waals surface area contributed by atoms with Crippen molar-refractivity contribution in [1.82, 2.24) is 4.98 Å². The van der Waals surface area contributed by atoms with E-state index in [0.717, 1.165) is 23.0 Å². The Balaban J connectivity index is 1.49. The van der Waals surface area contributed by atoms with Crippen molar-refractivity contribution in [2.75, 3.05) is 5.32 Å². The molecule has 2 heteroatoms. The second-order valence-corrected chi connectivity index (χ2v) is 9.52. The predicted molar refractivity (Wildman–Crippen MR) is 152 cm³/mol. The van der Waals surface area contributed by atoms with Gasteiger partial charge in [0.1, 0.15) is 0 Å². The van der Waals surface area contributed by atoms with Gasteiger partial charge in [-0.2, -0.15) is 0 Å². The fourth-order valence-corrected chi connectivity index (χ4v) is 5.23. The molecule has 1 N–H and O–H groups in total. The smallest absolute Gasteiger partial charge is 0.0946 e. The lowest BCUT2D eigenvalue weighted by molar-refractivity contribution is 0.794. The molecule has 0 fully saturated rings. The number of pyridine rings is 1. The molecular weight excluding hydrogens is 436 g/mol. The van der Waals surface area contributed by atoms with E-state index >= 15 is 0 Å². The number of benzene rings is 4. The highest BCUT2D eigenvalue weighted by atomic mass is 14.9. The molecule has 0 saturated heterocycles. The number of nitrogens with one attached hydrogen (secondary N) is 1. The van der Waals surface area contributed by atoms with Crippen molar-refractivity contribution >= 4 is 22.2 Å². The van der Waals surface area contributed by atoms with E-state index in [0.29, 0.717) is 0 Å². The summed E-state index contributed by atoms with van der Waals surface area (Å²) in [5.41, 5.74) is 10.9. The topological polar surface area (TPSA) is 24.9 Å². The number of anilines is 1. The van der Waals surface area contributed by atoms with Gasteiger partial charge in [-0.15, -0.1) is 0 Å². The van der Waals surface area contributed by atoms with Gasteiger partial charge < -0.3 is 5.32 Å². The van der Waals surface area contributed by atoms with Crippen LogP contribution in [0.1, 0.15) is 48.1 Å². The maximum atomic E-state index is 4.90. The Hall–Kier alpha value is -4.17. The molecule has 0 aliphatic carbocycles. The number of hydrogen-bond donors (Lipinski definition) is 1. The molecule has 4 aromatic carbocycles. The molecule has 1 aliphatic rings. The minimum absolute atomic E-state index is 0.0701. The first kappa shape index (κ1) is 22.3. The summed E-state index contributed by atoms with van der Waals surface area (Å²) in [4.78, 5) is 4.90. The molecule has 2 nitrogen and oxygen atoms in total. The van der Waals surface area contributed by atoms with Gasteiger partial charge in [-0.3, -0.25) is 4.98 Å². The van der Waals surface area contributed by atoms with Crippen molar-refractivity contribution in [1.29, 1.82) is 0 Å². The van der Waals surface area contributed by atoms with E-state index in [2.05, 4.69) is 121 Å². The third-order valence-corrected chi connectivity index (χ3v) is 7.16. The van der Waals surface area contributed by atoms with Gasteiger partial charge in [0.15, 0.2) is 0 Å². The molecule has 36 heavy (non-hydrogen) atoms. The zero-order chi connectivity index (χ0) is 24.3. The number of unbranched alkanes of at least 4 members (excludes halogenated alkanes) is 1. The van der Waals surface area contributed by atoms with Gasteiger partial charge >= 0.3 is 0 Å². The third kappa shape index (κ3) is 4.20. The van der Waals surface area contributed by atoms with Gasteiger partial charge in [0, 0.05) is 17.1 Å². The average molecular weight is 467 g/mol. The summed E-state index contributed by atoms with van der Waals surface area (Å²) in [5, 5.41) is 5.02. The van der Waals surface area contributed by atoms with Crippen LogP contribution >= 0.6 is 0 Å². The molecular formula is C34H30N2. The lowest BCUT2D eigenvalue weighted by atomic mass is 9.87. The summed E-state index contributed by atoms with van der Waals surface area (Å²) in [6.07, 6.45) is 7.89. The monoisotopic (exact) mass is 466 g/mol. The van der Waals surface area contributed by atoms with Crippen molar-refractivity contribution < 1.29 is 0 Å². The van der Waals surface area contributed by atoms with Crippen LogP contribution in [0, 0.1) is 0 Å². The fraction of sp³-hybridized carbons (Fsp3) is 0.147. The molecule has 0 radical (unpaired) electrons. The summed E-state index contributed by atoms with van der Waals surface area (Å²) in [6.45, 7) is 2.25. The van der Waals surface area contributed by atoms with Gasteiger partial charge in [-0.05, 0) is 58.4 Å². The van der Waals surface area contributed by atoms with Gasteiger partial charge in [0.05, 0.1) is 17.2 Å². The van der Waals surface area contributed by atoms with E-state index in [4.69, 9.17) is 4.98 Å². The molecule has 1 unspecified atom stereocenters. The quantitative estimate of drug-likeness (QED) is 0.270. The van der Waals surface area contributed by atoms with Crippen molar-refractivity contribution in [3.8, 4) is 11.1 Å². The molecule has 1 aromatic heterocycles. The van der Waals surface area contributed by atoms with Crippen LogP contribution in [0.2, 0.25) is 0 Å². The van der Waals surface area contributed by atoms with Gasteiger partial charge in [-0.25, -0.2) is 0 Å². The zero-order valence-corrected chi connectivity index (χ0v) is 20.6. The molecule has 1 atom stereocenters. The van der Waals surface area contributed by atoms with Crippen LogP contribution < -0.4 is 5.32 Å². The van der Waals surface area contributed by atoms with Crippen molar-refractivity contribution in [2.45, 2.75) is 32.2 Å². The maximum Gasteiger partial charge on any atom is 0.0946 e. The minimum atomic E-state index is 0.0701. The SMILES string of the molecule is CCCCc1ccc(C2C=C(c3ccccc3)c3ccc4c(-c5ccccc5)ccnc4c3N2)cc1. The Morgan fingerprint density at radius 1 is 0.722 bits per heavy atom. The van der Waals surface area contributed by atoms with Crippen LogP contribution in [0.25, 0.3) is 27.6 Å². The summed E-state index contributed by atoms with van der Waals surface area (Å²) < 4.78 is 0. The molecule has 5 aromatic rings. The Bertz CT molecular complexity index is 1520. The Morgan fingerprint density at radius 2 is 1.44 bits per heavy atom. The molecule has 2 heterocycles. The first-order valence-electron chi connectivity index (χ1n) is 12.9. The van der Waals surface area contributed by atoms with E-state index < -0.39 is 0 Å². The highest BCUT2D eigenvalue weighted by molar-refractivity contribution is 6.06. The van der Waals surface area contributed by atoms with E-state index in [-0.39, 0.29) is 6.04 Å². The Kier molecular flexibility index (Phi) is 6.09. The molecule has 0 bridgehead atoms. The number of aromatic nitrogens is 1. The lowest BCUT2D eigenvalue weighted by Gasteiger charge is -2.28. The van der Waals surface area contributed by atoms with E-state index in [9.17, 15) is 0 Å². The molecule has 0 amide bonds. The average Bonchev–Trinajstić information content (AvgIpc) is 2.96. The highest BCUT2D eigenvalue weighted by Crippen LogP contribution is 2.43. The number of rotatable bonds is 6. The second kappa shape index (κ2) is 9.83. The summed E-state index contributed by atoms with van der Waals surface area (Å²) >= 11 is 0. The van der Waals surface area contributed by atoms with Crippen LogP contribution in [-0.2, 0) is 6.42 Å². The summed E-state index contributed by atoms with van der Waals surface area (Å²) in [5.74, 6) is 0. The van der Waals surface area contributed by atoms with E-state index in [1.165, 1.54) is 51.8 Å². The van der Waals surface area contributed by atoms with Gasteiger partial charge in [-0.1, -0.05) is 110 Å². The van der Waals surface area contributed by atoms with E-state index in [1.807, 2.05) is 6.20 Å². The predicted octanol–water partition coefficient (Wildman–Crippen LogP) is 8.84. The van der Waals surface area contributed by atoms with Crippen LogP contribution in [-0.4, -0.2) is 4.98 Å². The minimum Gasteiger partial charge on any atom is -0.372 e. The number of fused-ring (bicyclic) bond motifs is 3. The molecule has 1 aliphatic heterocycles. The normalized spacial score (nSPS) is 14.7. The largest absolute Gasteiger partial charge is 0.372 e. The molecule has 176 valence electrons. The first-order valence-corrected chi connectivity index (χ1v) is 12.9. The van der Waals surface area contributed by atoms with Crippen LogP contribution in [0.15, 0.2) is 115 Å². The Labute approximate surface area is 213 Å². The summed E-state index contributed by atoms with van der Waals surface area (Å²) in [7, 11) is 0. The first-order chi connectivity index (χ1) is 17.8. The molecule has 0 spiro atoms. The molecule has 6 rings (SSSR count). The Morgan fingerprint density at radius 3 is 2.17 bits per heavy atom. The van der Waals surface area contributed by atoms with Crippen LogP contribution in [0.4, 0.5) is 5.69 Å². The number of aryl methyl sites for hydroxylation is 1. The number of hydrogen-bond acceptors (Lipinski definition) is 2. The van der Waals surface area contributed by atoms with Crippen LogP contribution in [0.5, 0.6) is 0 Å². The van der Waals surface area contributed by atoms with Crippen molar-refractivity contribution in [3.63, 3.8) is 0 Å². The fourth-order valence-electron chi connectivity index (χ4n) is 5.23. The van der Waals surface area contributed by atoms with Crippen molar-refractivity contribution in [2.24, 2.45) is 0 Å². The van der Waals surface area contributed by atoms with Crippen molar-refractivity contribution in [3.05, 3.63) is 138 Å². The highest BCUT2D eigenvalue weighted by Gasteiger charge is 2.24. The summed E-state index contributed by atoms with van der Waals surface area (Å²) in [6, 6.07) is 37.1.